The summed E-state index contributed by atoms with van der Waals surface area (Å²) in [5.41, 5.74) is 11.1. The number of rotatable bonds is 2. The number of anilines is 6. The quantitative estimate of drug-likeness (QED) is 0.188. The molecule has 1 aliphatic heterocycles. The van der Waals surface area contributed by atoms with E-state index in [-0.39, 0.29) is 0 Å². The van der Waals surface area contributed by atoms with Gasteiger partial charge >= 0.3 is 0 Å². The summed E-state index contributed by atoms with van der Waals surface area (Å²) < 4.78 is 45.7. The van der Waals surface area contributed by atoms with Crippen molar-refractivity contribution in [1.29, 1.82) is 0 Å². The van der Waals surface area contributed by atoms with Gasteiger partial charge in [-0.3, -0.25) is 0 Å². The van der Waals surface area contributed by atoms with Crippen molar-refractivity contribution in [3.8, 4) is 22.3 Å². The maximum Gasteiger partial charge on any atom is 0.123 e. The zero-order valence-corrected chi connectivity index (χ0v) is 25.5. The van der Waals surface area contributed by atoms with E-state index in [0.717, 1.165) is 61.9 Å². The van der Waals surface area contributed by atoms with Gasteiger partial charge in [-0.25, -0.2) is 13.2 Å². The highest BCUT2D eigenvalue weighted by molar-refractivity contribution is 6.03. The van der Waals surface area contributed by atoms with Crippen molar-refractivity contribution in [2.45, 2.75) is 5.41 Å². The Bertz CT molecular complexity index is 2350. The van der Waals surface area contributed by atoms with E-state index in [0.29, 0.717) is 16.7 Å². The Labute approximate surface area is 275 Å². The number of hydrogen-bond acceptors (Lipinski definition) is 2. The van der Waals surface area contributed by atoms with E-state index in [1.807, 2.05) is 42.5 Å². The summed E-state index contributed by atoms with van der Waals surface area (Å²) in [4.78, 5) is 4.51. The second-order valence-electron chi connectivity index (χ2n) is 12.5. The van der Waals surface area contributed by atoms with Crippen molar-refractivity contribution in [2.75, 3.05) is 9.80 Å². The lowest BCUT2D eigenvalue weighted by atomic mass is 9.70. The molecule has 228 valence electrons. The van der Waals surface area contributed by atoms with Gasteiger partial charge in [-0.2, -0.15) is 0 Å². The molecule has 0 bridgehead atoms. The van der Waals surface area contributed by atoms with Gasteiger partial charge in [0.15, 0.2) is 0 Å². The summed E-state index contributed by atoms with van der Waals surface area (Å²) in [6.45, 7) is 0. The van der Waals surface area contributed by atoms with E-state index in [1.54, 1.807) is 18.2 Å². The smallest absolute Gasteiger partial charge is 0.123 e. The lowest BCUT2D eigenvalue weighted by molar-refractivity contribution is 0.613. The maximum atomic E-state index is 15.2. The van der Waals surface area contributed by atoms with Crippen LogP contribution in [0.5, 0.6) is 0 Å². The van der Waals surface area contributed by atoms with E-state index < -0.39 is 22.9 Å². The first-order valence-corrected chi connectivity index (χ1v) is 15.9. The van der Waals surface area contributed by atoms with Gasteiger partial charge in [0.2, 0.25) is 0 Å². The molecule has 0 aromatic heterocycles. The largest absolute Gasteiger partial charge is 0.306 e. The number of nitrogens with zero attached hydrogens (tertiary/aromatic N) is 2. The molecule has 2 nitrogen and oxygen atoms in total. The summed E-state index contributed by atoms with van der Waals surface area (Å²) in [5, 5.41) is 0. The molecule has 0 fully saturated rings. The van der Waals surface area contributed by atoms with E-state index in [1.165, 1.54) is 36.4 Å². The van der Waals surface area contributed by atoms with Gasteiger partial charge < -0.3 is 9.80 Å². The van der Waals surface area contributed by atoms with Crippen molar-refractivity contribution >= 4 is 34.1 Å². The fraction of sp³-hybridized carbons (Fsp3) is 0.0233. The summed E-state index contributed by atoms with van der Waals surface area (Å²) >= 11 is 0. The van der Waals surface area contributed by atoms with E-state index in [9.17, 15) is 0 Å². The first kappa shape index (κ1) is 27.1. The minimum atomic E-state index is -1.12. The number of para-hydroxylation sites is 5. The molecule has 0 unspecified atom stereocenters. The lowest BCUT2D eigenvalue weighted by Gasteiger charge is -2.40. The third-order valence-corrected chi connectivity index (χ3v) is 10.1. The number of fused-ring (bicyclic) bond motifs is 12. The molecule has 0 saturated carbocycles. The number of benzene rings is 7. The molecule has 0 amide bonds. The van der Waals surface area contributed by atoms with Gasteiger partial charge in [0, 0.05) is 11.4 Å². The second kappa shape index (κ2) is 9.72. The van der Waals surface area contributed by atoms with E-state index in [4.69, 9.17) is 0 Å². The summed E-state index contributed by atoms with van der Waals surface area (Å²) in [6, 6.07) is 47.4. The van der Waals surface area contributed by atoms with Crippen LogP contribution in [0.15, 0.2) is 152 Å². The molecule has 10 rings (SSSR count). The molecule has 7 aromatic rings. The number of hydrogen-bond donors (Lipinski definition) is 0. The van der Waals surface area contributed by atoms with Crippen LogP contribution < -0.4 is 9.80 Å². The van der Waals surface area contributed by atoms with Crippen LogP contribution >= 0.6 is 0 Å². The summed E-state index contributed by atoms with van der Waals surface area (Å²) in [6.07, 6.45) is 0. The van der Waals surface area contributed by atoms with Gasteiger partial charge in [0.1, 0.15) is 17.5 Å². The van der Waals surface area contributed by atoms with Crippen LogP contribution in [-0.2, 0) is 5.41 Å². The molecule has 48 heavy (non-hydrogen) atoms. The van der Waals surface area contributed by atoms with Crippen molar-refractivity contribution in [3.05, 3.63) is 191 Å². The molecule has 1 heterocycles. The van der Waals surface area contributed by atoms with Gasteiger partial charge in [-0.15, -0.1) is 0 Å². The average Bonchev–Trinajstić information content (AvgIpc) is 3.56. The predicted molar refractivity (Wildman–Crippen MR) is 186 cm³/mol. The summed E-state index contributed by atoms with van der Waals surface area (Å²) in [5.74, 6) is -1.20. The number of halogens is 3. The Morgan fingerprint density at radius 1 is 0.333 bits per heavy atom. The molecule has 1 spiro atoms. The zero-order chi connectivity index (χ0) is 32.1. The van der Waals surface area contributed by atoms with Gasteiger partial charge in [0.05, 0.1) is 28.2 Å². The minimum Gasteiger partial charge on any atom is -0.306 e. The summed E-state index contributed by atoms with van der Waals surface area (Å²) in [7, 11) is 0. The third kappa shape index (κ3) is 3.48. The topological polar surface area (TPSA) is 6.48 Å². The minimum absolute atomic E-state index is 0.399. The molecule has 7 aromatic carbocycles. The van der Waals surface area contributed by atoms with Crippen LogP contribution in [-0.4, -0.2) is 0 Å². The highest BCUT2D eigenvalue weighted by Gasteiger charge is 2.52. The monoisotopic (exact) mass is 626 g/mol. The van der Waals surface area contributed by atoms with Gasteiger partial charge in [0.25, 0.3) is 0 Å². The average molecular weight is 627 g/mol. The van der Waals surface area contributed by atoms with Crippen LogP contribution in [0, 0.1) is 17.5 Å². The molecule has 0 atom stereocenters. The molecule has 2 aliphatic carbocycles. The van der Waals surface area contributed by atoms with Crippen molar-refractivity contribution in [3.63, 3.8) is 0 Å². The highest BCUT2D eigenvalue weighted by Crippen LogP contribution is 2.64. The Morgan fingerprint density at radius 3 is 1.12 bits per heavy atom. The second-order valence-corrected chi connectivity index (χ2v) is 12.5. The molecule has 0 N–H and O–H groups in total. The van der Waals surface area contributed by atoms with Crippen molar-refractivity contribution < 1.29 is 13.2 Å². The van der Waals surface area contributed by atoms with Crippen LogP contribution in [0.4, 0.5) is 47.3 Å². The first-order chi connectivity index (χ1) is 23.5. The van der Waals surface area contributed by atoms with E-state index >= 15 is 13.2 Å². The fourth-order valence-corrected chi connectivity index (χ4v) is 8.35. The first-order valence-electron chi connectivity index (χ1n) is 15.9. The van der Waals surface area contributed by atoms with Crippen molar-refractivity contribution in [1.82, 2.24) is 0 Å². The predicted octanol–water partition coefficient (Wildman–Crippen LogP) is 11.7. The third-order valence-electron chi connectivity index (χ3n) is 10.1. The zero-order valence-electron chi connectivity index (χ0n) is 25.5. The Kier molecular flexibility index (Phi) is 5.48. The molecule has 5 heteroatoms. The van der Waals surface area contributed by atoms with Crippen LogP contribution in [0.3, 0.4) is 0 Å². The SMILES string of the molecule is Fc1ccc2c(c1)C1(c3cc(F)ccc3-2)c2cc(F)ccc2-c2ccc(N3c4ccccc4N(c4ccccc4)c4ccccc43)cc21. The van der Waals surface area contributed by atoms with Crippen molar-refractivity contribution in [2.24, 2.45) is 0 Å². The molecule has 0 saturated heterocycles. The van der Waals surface area contributed by atoms with Gasteiger partial charge in [-0.1, -0.05) is 66.7 Å². The fourth-order valence-electron chi connectivity index (χ4n) is 8.35. The lowest BCUT2D eigenvalue weighted by Crippen LogP contribution is -2.27. The van der Waals surface area contributed by atoms with Crippen LogP contribution in [0.2, 0.25) is 0 Å². The molecular weight excluding hydrogens is 601 g/mol. The Balaban J connectivity index is 1.27. The van der Waals surface area contributed by atoms with Crippen LogP contribution in [0.25, 0.3) is 22.3 Å². The van der Waals surface area contributed by atoms with E-state index in [2.05, 4.69) is 64.4 Å². The standard InChI is InChI=1S/C43H25F3N2/c44-26-14-18-31-32-19-15-27(45)23-36(32)43(35(31)22-26)37-24-28(46)16-20-33(37)34-21-17-30(25-38(34)43)48-41-12-6-4-10-39(41)47(29-8-2-1-3-9-29)40-11-5-7-13-42(40)48/h1-25H. The molecular formula is C43H25F3N2. The normalized spacial score (nSPS) is 14.2. The Hall–Kier alpha value is -6.07. The molecule has 0 radical (unpaired) electrons. The molecule has 3 aliphatic rings. The van der Waals surface area contributed by atoms with Crippen LogP contribution in [0.1, 0.15) is 22.3 Å². The maximum absolute atomic E-state index is 15.2. The highest BCUT2D eigenvalue weighted by atomic mass is 19.1. The Morgan fingerprint density at radius 2 is 0.688 bits per heavy atom. The van der Waals surface area contributed by atoms with Gasteiger partial charge in [-0.05, 0) is 129 Å².